The standard InChI is InChI=1S/C24H24N6O4S2/c1-14-3-9-19(10-4-14)30-12-16(11-21(30)33)22(34)27-23-28-29-24(36-23)35-13-20(32)26-18-7-5-17(6-8-18)25-15(2)31/h3-10,16H,11-13H2,1-2H3,(H,25,31)(H,26,32)(H,27,28,34)/t16-/m0/s1. The molecule has 3 aromatic rings. The van der Waals surface area contributed by atoms with E-state index in [1.54, 1.807) is 29.2 Å². The zero-order valence-electron chi connectivity index (χ0n) is 19.6. The summed E-state index contributed by atoms with van der Waals surface area (Å²) in [7, 11) is 0. The van der Waals surface area contributed by atoms with Gasteiger partial charge < -0.3 is 20.9 Å². The summed E-state index contributed by atoms with van der Waals surface area (Å²) in [4.78, 5) is 50.1. The Kier molecular flexibility index (Phi) is 7.96. The summed E-state index contributed by atoms with van der Waals surface area (Å²) < 4.78 is 0.533. The predicted molar refractivity (Wildman–Crippen MR) is 140 cm³/mol. The zero-order chi connectivity index (χ0) is 25.7. The number of rotatable bonds is 8. The molecule has 1 atom stereocenters. The van der Waals surface area contributed by atoms with Crippen molar-refractivity contribution in [1.29, 1.82) is 0 Å². The molecule has 1 saturated heterocycles. The lowest BCUT2D eigenvalue weighted by molar-refractivity contribution is -0.122. The largest absolute Gasteiger partial charge is 0.326 e. The van der Waals surface area contributed by atoms with Gasteiger partial charge in [0.25, 0.3) is 0 Å². The highest BCUT2D eigenvalue weighted by Crippen LogP contribution is 2.29. The minimum atomic E-state index is -0.485. The number of amides is 4. The Morgan fingerprint density at radius 1 is 1.00 bits per heavy atom. The number of benzene rings is 2. The van der Waals surface area contributed by atoms with Crippen molar-refractivity contribution in [2.24, 2.45) is 5.92 Å². The summed E-state index contributed by atoms with van der Waals surface area (Å²) >= 11 is 2.37. The van der Waals surface area contributed by atoms with Gasteiger partial charge in [0.15, 0.2) is 4.34 Å². The van der Waals surface area contributed by atoms with Gasteiger partial charge in [-0.2, -0.15) is 0 Å². The summed E-state index contributed by atoms with van der Waals surface area (Å²) in [6.45, 7) is 3.70. The van der Waals surface area contributed by atoms with Gasteiger partial charge in [0.1, 0.15) is 0 Å². The number of nitrogens with zero attached hydrogens (tertiary/aromatic N) is 3. The highest BCUT2D eigenvalue weighted by molar-refractivity contribution is 8.01. The van der Waals surface area contributed by atoms with Gasteiger partial charge in [0, 0.05) is 37.0 Å². The fourth-order valence-corrected chi connectivity index (χ4v) is 5.10. The summed E-state index contributed by atoms with van der Waals surface area (Å²) in [5.74, 6) is -1.15. The van der Waals surface area contributed by atoms with Crippen LogP contribution in [0, 0.1) is 12.8 Å². The van der Waals surface area contributed by atoms with Gasteiger partial charge in [-0.3, -0.25) is 19.2 Å². The number of nitrogens with one attached hydrogen (secondary N) is 3. The van der Waals surface area contributed by atoms with Gasteiger partial charge >= 0.3 is 0 Å². The van der Waals surface area contributed by atoms with E-state index in [1.807, 2.05) is 31.2 Å². The van der Waals surface area contributed by atoms with E-state index >= 15 is 0 Å². The summed E-state index contributed by atoms with van der Waals surface area (Å²) in [6.07, 6.45) is 0.131. The molecule has 4 rings (SSSR count). The minimum Gasteiger partial charge on any atom is -0.326 e. The fraction of sp³-hybridized carbons (Fsp3) is 0.250. The highest BCUT2D eigenvalue weighted by Gasteiger charge is 2.35. The summed E-state index contributed by atoms with van der Waals surface area (Å²) in [5, 5.41) is 16.5. The van der Waals surface area contributed by atoms with E-state index in [2.05, 4.69) is 26.1 Å². The number of aryl methyl sites for hydroxylation is 1. The van der Waals surface area contributed by atoms with Crippen LogP contribution >= 0.6 is 23.1 Å². The maximum Gasteiger partial charge on any atom is 0.234 e. The molecule has 0 saturated carbocycles. The fourth-order valence-electron chi connectivity index (χ4n) is 3.55. The molecular weight excluding hydrogens is 500 g/mol. The molecule has 2 heterocycles. The maximum atomic E-state index is 12.7. The Bertz CT molecular complexity index is 1280. The van der Waals surface area contributed by atoms with Crippen LogP contribution in [0.1, 0.15) is 18.9 Å². The molecule has 1 fully saturated rings. The smallest absolute Gasteiger partial charge is 0.234 e. The van der Waals surface area contributed by atoms with Crippen molar-refractivity contribution >= 4 is 68.9 Å². The van der Waals surface area contributed by atoms with Gasteiger partial charge in [-0.05, 0) is 43.3 Å². The van der Waals surface area contributed by atoms with Crippen molar-refractivity contribution in [2.45, 2.75) is 24.6 Å². The van der Waals surface area contributed by atoms with Gasteiger partial charge in [-0.25, -0.2) is 0 Å². The average Bonchev–Trinajstić information content (AvgIpc) is 3.45. The number of hydrogen-bond donors (Lipinski definition) is 3. The maximum absolute atomic E-state index is 12.7. The van der Waals surface area contributed by atoms with E-state index in [0.717, 1.165) is 11.3 Å². The lowest BCUT2D eigenvalue weighted by Gasteiger charge is -2.16. The monoisotopic (exact) mass is 524 g/mol. The molecule has 0 bridgehead atoms. The van der Waals surface area contributed by atoms with E-state index in [1.165, 1.54) is 30.0 Å². The lowest BCUT2D eigenvalue weighted by atomic mass is 10.1. The Hall–Kier alpha value is -3.77. The molecule has 3 N–H and O–H groups in total. The van der Waals surface area contributed by atoms with Crippen LogP contribution < -0.4 is 20.9 Å². The number of anilines is 4. The summed E-state index contributed by atoms with van der Waals surface area (Å²) in [6, 6.07) is 14.4. The Morgan fingerprint density at radius 2 is 1.67 bits per heavy atom. The van der Waals surface area contributed by atoms with E-state index in [9.17, 15) is 19.2 Å². The Balaban J connectivity index is 1.24. The molecule has 0 spiro atoms. The van der Waals surface area contributed by atoms with Gasteiger partial charge in [0.05, 0.1) is 11.7 Å². The van der Waals surface area contributed by atoms with E-state index in [4.69, 9.17) is 0 Å². The SMILES string of the molecule is CC(=O)Nc1ccc(NC(=O)CSc2nnc(NC(=O)[C@H]3CC(=O)N(c4ccc(C)cc4)C3)s2)cc1. The first-order valence-electron chi connectivity index (χ1n) is 11.1. The lowest BCUT2D eigenvalue weighted by Crippen LogP contribution is -2.28. The number of carbonyl (C=O) groups excluding carboxylic acids is 4. The molecular formula is C24H24N6O4S2. The molecule has 2 aromatic carbocycles. The zero-order valence-corrected chi connectivity index (χ0v) is 21.2. The average molecular weight is 525 g/mol. The van der Waals surface area contributed by atoms with Crippen molar-refractivity contribution in [3.05, 3.63) is 54.1 Å². The second-order valence-corrected chi connectivity index (χ2v) is 10.4. The van der Waals surface area contributed by atoms with Crippen molar-refractivity contribution in [1.82, 2.24) is 10.2 Å². The Labute approximate surface area is 215 Å². The molecule has 1 aliphatic heterocycles. The van der Waals surface area contributed by atoms with E-state index in [0.29, 0.717) is 27.4 Å². The van der Waals surface area contributed by atoms with Crippen LogP contribution in [0.15, 0.2) is 52.9 Å². The number of hydrogen-bond acceptors (Lipinski definition) is 8. The predicted octanol–water partition coefficient (Wildman–Crippen LogP) is 3.53. The van der Waals surface area contributed by atoms with Crippen LogP contribution in [-0.2, 0) is 19.2 Å². The van der Waals surface area contributed by atoms with Crippen LogP contribution in [0.5, 0.6) is 0 Å². The molecule has 4 amide bonds. The van der Waals surface area contributed by atoms with Crippen molar-refractivity contribution in [2.75, 3.05) is 33.1 Å². The normalized spacial score (nSPS) is 15.0. The third-order valence-electron chi connectivity index (χ3n) is 5.29. The molecule has 0 radical (unpaired) electrons. The van der Waals surface area contributed by atoms with Gasteiger partial charge in [-0.15, -0.1) is 10.2 Å². The van der Waals surface area contributed by atoms with Crippen LogP contribution in [0.25, 0.3) is 0 Å². The van der Waals surface area contributed by atoms with Gasteiger partial charge in [0.2, 0.25) is 28.8 Å². The molecule has 0 aliphatic carbocycles. The van der Waals surface area contributed by atoms with E-state index < -0.39 is 5.92 Å². The Morgan fingerprint density at radius 3 is 2.33 bits per heavy atom. The first kappa shape index (κ1) is 25.3. The quantitative estimate of drug-likeness (QED) is 0.303. The first-order chi connectivity index (χ1) is 17.3. The minimum absolute atomic E-state index is 0.0942. The molecule has 10 nitrogen and oxygen atoms in total. The van der Waals surface area contributed by atoms with Crippen molar-refractivity contribution in [3.8, 4) is 0 Å². The number of aromatic nitrogens is 2. The molecule has 36 heavy (non-hydrogen) atoms. The molecule has 1 aliphatic rings. The third kappa shape index (κ3) is 6.67. The molecule has 0 unspecified atom stereocenters. The molecule has 186 valence electrons. The first-order valence-corrected chi connectivity index (χ1v) is 12.9. The third-order valence-corrected chi connectivity index (χ3v) is 7.27. The number of thioether (sulfide) groups is 1. The highest BCUT2D eigenvalue weighted by atomic mass is 32.2. The van der Waals surface area contributed by atoms with Gasteiger partial charge in [-0.1, -0.05) is 40.8 Å². The second-order valence-electron chi connectivity index (χ2n) is 8.20. The molecule has 12 heteroatoms. The second kappa shape index (κ2) is 11.3. The van der Waals surface area contributed by atoms with Crippen LogP contribution in [0.3, 0.4) is 0 Å². The van der Waals surface area contributed by atoms with Crippen LogP contribution in [0.4, 0.5) is 22.2 Å². The topological polar surface area (TPSA) is 133 Å². The summed E-state index contributed by atoms with van der Waals surface area (Å²) in [5.41, 5.74) is 3.12. The van der Waals surface area contributed by atoms with Crippen LogP contribution in [-0.4, -0.2) is 46.1 Å². The van der Waals surface area contributed by atoms with Crippen molar-refractivity contribution in [3.63, 3.8) is 0 Å². The van der Waals surface area contributed by atoms with Crippen molar-refractivity contribution < 1.29 is 19.2 Å². The molecule has 1 aromatic heterocycles. The number of carbonyl (C=O) groups is 4. The van der Waals surface area contributed by atoms with Crippen LogP contribution in [0.2, 0.25) is 0 Å². The van der Waals surface area contributed by atoms with E-state index in [-0.39, 0.29) is 35.8 Å².